The number of carboxylic acid groups (broad SMARTS) is 2. The summed E-state index contributed by atoms with van der Waals surface area (Å²) in [5, 5.41) is 21.6. The highest BCUT2D eigenvalue weighted by atomic mass is 32.2. The van der Waals surface area contributed by atoms with Gasteiger partial charge in [-0.25, -0.2) is 4.79 Å². The number of aliphatic carboxylic acids is 2. The summed E-state index contributed by atoms with van der Waals surface area (Å²) >= 11 is 1.29. The first-order chi connectivity index (χ1) is 19.2. The zero-order chi connectivity index (χ0) is 29.1. The second-order valence-electron chi connectivity index (χ2n) is 8.64. The van der Waals surface area contributed by atoms with Crippen LogP contribution in [0.2, 0.25) is 1.41 Å². The Kier molecular flexibility index (Phi) is 10.4. The predicted octanol–water partition coefficient (Wildman–Crippen LogP) is 2.60. The Morgan fingerprint density at radius 3 is 2.26 bits per heavy atom. The number of nitrogens with two attached hydrogens (primary N) is 1. The number of amides is 2. The number of carboxylic acids is 2. The number of hydrogen-bond donors (Lipinski definition) is 5. The van der Waals surface area contributed by atoms with Gasteiger partial charge in [0.15, 0.2) is 7.45 Å². The number of rotatable bonds is 14. The Morgan fingerprint density at radius 2 is 1.64 bits per heavy atom. The lowest BCUT2D eigenvalue weighted by atomic mass is 10.1. The second-order valence-corrected chi connectivity index (χ2v) is 9.67. The van der Waals surface area contributed by atoms with Gasteiger partial charge in [-0.3, -0.25) is 19.4 Å². The smallest absolute Gasteiger partial charge is 0.330 e. The normalized spacial score (nSPS) is 13.4. The molecule has 2 amide bonds. The number of pyridine rings is 1. The first kappa shape index (κ1) is 27.8. The third-order valence-corrected chi connectivity index (χ3v) is 6.80. The van der Waals surface area contributed by atoms with Gasteiger partial charge in [0, 0.05) is 29.7 Å². The highest BCUT2D eigenvalue weighted by molar-refractivity contribution is 7.98. The molecular formula is C28H30N4O6S. The molecule has 204 valence electrons. The van der Waals surface area contributed by atoms with Gasteiger partial charge < -0.3 is 26.6 Å². The Morgan fingerprint density at radius 1 is 0.949 bits per heavy atom. The molecule has 1 heterocycles. The number of thioether (sulfide) groups is 1. The van der Waals surface area contributed by atoms with Gasteiger partial charge in [-0.1, -0.05) is 60.7 Å². The first-order valence-corrected chi connectivity index (χ1v) is 13.3. The van der Waals surface area contributed by atoms with Crippen LogP contribution in [0.5, 0.6) is 0 Å². The SMILES string of the molecule is [2H]N(C(=O)CC[C@H](N)C(=O)O)[C@@H](CSCc1ccc(-c2ccccn2)cc1)C(=O)NC(C(=O)O)c1ccccc1. The monoisotopic (exact) mass is 551 g/mol. The third kappa shape index (κ3) is 9.24. The molecule has 0 aliphatic heterocycles. The minimum atomic E-state index is -1.38. The van der Waals surface area contributed by atoms with E-state index in [0.29, 0.717) is 16.6 Å². The number of hydrogen-bond acceptors (Lipinski definition) is 7. The van der Waals surface area contributed by atoms with Crippen molar-refractivity contribution in [1.82, 2.24) is 15.6 Å². The zero-order valence-electron chi connectivity index (χ0n) is 22.0. The van der Waals surface area contributed by atoms with Crippen molar-refractivity contribution in [3.8, 4) is 11.3 Å². The molecule has 1 unspecified atom stereocenters. The molecule has 0 radical (unpaired) electrons. The van der Waals surface area contributed by atoms with E-state index in [2.05, 4.69) is 10.3 Å². The maximum absolute atomic E-state index is 13.2. The molecule has 3 aromatic rings. The van der Waals surface area contributed by atoms with Crippen molar-refractivity contribution in [2.75, 3.05) is 5.75 Å². The zero-order valence-corrected chi connectivity index (χ0v) is 21.8. The summed E-state index contributed by atoms with van der Waals surface area (Å²) in [6, 6.07) is 17.4. The van der Waals surface area contributed by atoms with E-state index in [1.807, 2.05) is 42.5 Å². The highest BCUT2D eigenvalue weighted by Crippen LogP contribution is 2.20. The van der Waals surface area contributed by atoms with Crippen LogP contribution < -0.4 is 16.4 Å². The summed E-state index contributed by atoms with van der Waals surface area (Å²) in [6.07, 6.45) is 1.14. The van der Waals surface area contributed by atoms with Gasteiger partial charge >= 0.3 is 11.9 Å². The van der Waals surface area contributed by atoms with Crippen molar-refractivity contribution in [2.24, 2.45) is 5.73 Å². The molecule has 3 rings (SSSR count). The Bertz CT molecular complexity index is 1300. The van der Waals surface area contributed by atoms with Crippen molar-refractivity contribution < 1.29 is 30.8 Å². The number of carbonyl (C=O) groups is 4. The van der Waals surface area contributed by atoms with Crippen molar-refractivity contribution in [3.05, 3.63) is 90.1 Å². The van der Waals surface area contributed by atoms with E-state index in [4.69, 9.17) is 12.3 Å². The molecule has 0 spiro atoms. The second kappa shape index (κ2) is 14.6. The summed E-state index contributed by atoms with van der Waals surface area (Å²) < 4.78 is 8.35. The Labute approximate surface area is 231 Å². The largest absolute Gasteiger partial charge is 0.480 e. The van der Waals surface area contributed by atoms with E-state index in [9.17, 15) is 24.3 Å². The van der Waals surface area contributed by atoms with Gasteiger partial charge in [-0.15, -0.1) is 0 Å². The van der Waals surface area contributed by atoms with E-state index < -0.39 is 41.9 Å². The van der Waals surface area contributed by atoms with E-state index in [-0.39, 0.29) is 18.6 Å². The number of nitrogens with one attached hydrogen (secondary N) is 2. The predicted molar refractivity (Wildman–Crippen MR) is 148 cm³/mol. The lowest BCUT2D eigenvalue weighted by Crippen LogP contribution is -2.50. The lowest BCUT2D eigenvalue weighted by Gasteiger charge is -2.22. The molecule has 11 heteroatoms. The molecule has 0 saturated carbocycles. The van der Waals surface area contributed by atoms with E-state index in [0.717, 1.165) is 16.8 Å². The summed E-state index contributed by atoms with van der Waals surface area (Å²) in [5.74, 6) is -3.75. The van der Waals surface area contributed by atoms with Crippen LogP contribution in [0.3, 0.4) is 0 Å². The Hall–Kier alpha value is -4.22. The molecule has 0 saturated heterocycles. The van der Waals surface area contributed by atoms with Gasteiger partial charge in [0.25, 0.3) is 0 Å². The fourth-order valence-corrected chi connectivity index (χ4v) is 4.57. The minimum absolute atomic E-state index is 0.00478. The molecule has 3 atom stereocenters. The lowest BCUT2D eigenvalue weighted by molar-refractivity contribution is -0.142. The summed E-state index contributed by atoms with van der Waals surface area (Å²) in [7, 11) is 0. The third-order valence-electron chi connectivity index (χ3n) is 5.71. The average molecular weight is 552 g/mol. The summed E-state index contributed by atoms with van der Waals surface area (Å²) in [4.78, 5) is 53.2. The van der Waals surface area contributed by atoms with Crippen LogP contribution in [0.25, 0.3) is 11.3 Å². The standard InChI is InChI=1S/C28H30N4O6S/c29-21(27(35)36)13-14-24(33)31-23(26(34)32-25(28(37)38)20-6-2-1-3-7-20)17-39-16-18-9-11-19(12-10-18)22-8-4-5-15-30-22/h1-12,15,21,23,25H,13-14,16-17,29H2,(H,31,33)(H,32,34)(H,35,36)(H,37,38)/t21-,23-,25?/m0/s1/i/hD. The average Bonchev–Trinajstić information content (AvgIpc) is 2.97. The van der Waals surface area contributed by atoms with Crippen molar-refractivity contribution >= 4 is 35.5 Å². The maximum atomic E-state index is 13.2. The van der Waals surface area contributed by atoms with E-state index >= 15 is 0 Å². The number of benzene rings is 2. The summed E-state index contributed by atoms with van der Waals surface area (Å²) in [6.45, 7) is 0. The number of aromatic nitrogens is 1. The van der Waals surface area contributed by atoms with Crippen molar-refractivity contribution in [3.63, 3.8) is 0 Å². The van der Waals surface area contributed by atoms with Gasteiger partial charge in [0.1, 0.15) is 12.1 Å². The van der Waals surface area contributed by atoms with Gasteiger partial charge in [-0.2, -0.15) is 11.8 Å². The van der Waals surface area contributed by atoms with Crippen LogP contribution in [0.15, 0.2) is 79.0 Å². The Balaban J connectivity index is 1.71. The van der Waals surface area contributed by atoms with Crippen molar-refractivity contribution in [1.29, 1.82) is 0 Å². The summed E-state index contributed by atoms with van der Waals surface area (Å²) in [5.41, 5.74) is 8.51. The fraction of sp³-hybridized carbons (Fsp3) is 0.250. The molecule has 1 aromatic heterocycles. The van der Waals surface area contributed by atoms with Gasteiger partial charge in [0.05, 0.1) is 5.69 Å². The first-order valence-electron chi connectivity index (χ1n) is 12.6. The molecular weight excluding hydrogens is 520 g/mol. The van der Waals surface area contributed by atoms with E-state index in [1.54, 1.807) is 36.5 Å². The maximum Gasteiger partial charge on any atom is 0.330 e. The van der Waals surface area contributed by atoms with Crippen LogP contribution in [-0.2, 0) is 24.9 Å². The van der Waals surface area contributed by atoms with Crippen LogP contribution in [-0.4, -0.2) is 56.8 Å². The van der Waals surface area contributed by atoms with E-state index in [1.165, 1.54) is 11.8 Å². The molecule has 0 aliphatic rings. The molecule has 0 fully saturated rings. The van der Waals surface area contributed by atoms with Crippen LogP contribution in [0.1, 0.15) is 30.0 Å². The molecule has 0 bridgehead atoms. The topological polar surface area (TPSA) is 172 Å². The molecule has 39 heavy (non-hydrogen) atoms. The van der Waals surface area contributed by atoms with Crippen LogP contribution in [0.4, 0.5) is 0 Å². The van der Waals surface area contributed by atoms with Gasteiger partial charge in [-0.05, 0) is 29.7 Å². The van der Waals surface area contributed by atoms with Gasteiger partial charge in [0.2, 0.25) is 11.8 Å². The highest BCUT2D eigenvalue weighted by Gasteiger charge is 2.28. The number of carbonyl (C=O) groups excluding carboxylic acids is 2. The van der Waals surface area contributed by atoms with Crippen LogP contribution in [0, 0.1) is 0 Å². The van der Waals surface area contributed by atoms with Crippen LogP contribution >= 0.6 is 11.8 Å². The minimum Gasteiger partial charge on any atom is -0.480 e. The quantitative estimate of drug-likeness (QED) is 0.202. The molecule has 6 N–H and O–H groups in total. The molecule has 0 aliphatic carbocycles. The molecule has 10 nitrogen and oxygen atoms in total. The van der Waals surface area contributed by atoms with Crippen molar-refractivity contribution in [2.45, 2.75) is 36.7 Å². The number of nitrogens with zero attached hydrogens (tertiary/aromatic N) is 1. The fourth-order valence-electron chi connectivity index (χ4n) is 3.58. The molecule has 2 aromatic carbocycles.